The maximum atomic E-state index is 14.3. The lowest BCUT2D eigenvalue weighted by Gasteiger charge is -2.34. The Morgan fingerprint density at radius 3 is 2.16 bits per heavy atom. The van der Waals surface area contributed by atoms with Crippen LogP contribution in [0.25, 0.3) is 0 Å². The molecule has 1 atom stereocenters. The molecule has 0 unspecified atom stereocenters. The summed E-state index contributed by atoms with van der Waals surface area (Å²) in [6, 6.07) is 20.0. The Hall–Kier alpha value is -3.27. The minimum Gasteiger partial charge on any atom is -0.494 e. The Morgan fingerprint density at radius 2 is 1.58 bits per heavy atom. The standard InChI is InChI=1S/C32H37Cl2N3O5S/c1-3-42-26-18-16-25(17-19-26)37(43(2,40)41)22-31(38)36(21-27-28(33)14-9-15-29(27)34)30(20-23-10-5-4-6-11-23)32(39)35-24-12-7-8-13-24/h4-6,9-11,14-19,24,30H,3,7-8,12-13,20-22H2,1-2H3,(H,35,39)/t30-/m0/s1. The van der Waals surface area contributed by atoms with Crippen LogP contribution >= 0.6 is 23.2 Å². The maximum absolute atomic E-state index is 14.3. The minimum atomic E-state index is -3.89. The Morgan fingerprint density at radius 1 is 0.953 bits per heavy atom. The van der Waals surface area contributed by atoms with Gasteiger partial charge in [0.05, 0.1) is 18.6 Å². The predicted molar refractivity (Wildman–Crippen MR) is 171 cm³/mol. The highest BCUT2D eigenvalue weighted by Gasteiger charge is 2.35. The number of nitrogens with one attached hydrogen (secondary N) is 1. The van der Waals surface area contributed by atoms with Gasteiger partial charge in [0.15, 0.2) is 0 Å². The molecule has 1 saturated carbocycles. The lowest BCUT2D eigenvalue weighted by Crippen LogP contribution is -2.54. The molecule has 0 aliphatic heterocycles. The summed E-state index contributed by atoms with van der Waals surface area (Å²) < 4.78 is 32.5. The summed E-state index contributed by atoms with van der Waals surface area (Å²) in [5.41, 5.74) is 1.62. The number of benzene rings is 3. The molecule has 1 N–H and O–H groups in total. The van der Waals surface area contributed by atoms with Gasteiger partial charge in [-0.05, 0) is 61.7 Å². The first kappa shape index (κ1) is 32.6. The number of carbonyl (C=O) groups is 2. The largest absolute Gasteiger partial charge is 0.494 e. The highest BCUT2D eigenvalue weighted by Crippen LogP contribution is 2.29. The van der Waals surface area contributed by atoms with Crippen molar-refractivity contribution >= 4 is 50.7 Å². The molecule has 43 heavy (non-hydrogen) atoms. The molecule has 1 fully saturated rings. The molecule has 3 aromatic carbocycles. The van der Waals surface area contributed by atoms with Crippen LogP contribution in [0.5, 0.6) is 5.75 Å². The molecule has 0 aromatic heterocycles. The van der Waals surface area contributed by atoms with Crippen LogP contribution in [0.2, 0.25) is 10.0 Å². The number of ether oxygens (including phenoxy) is 1. The highest BCUT2D eigenvalue weighted by atomic mass is 35.5. The average molecular weight is 647 g/mol. The third-order valence-electron chi connectivity index (χ3n) is 7.48. The average Bonchev–Trinajstić information content (AvgIpc) is 3.48. The van der Waals surface area contributed by atoms with Crippen molar-refractivity contribution in [1.29, 1.82) is 0 Å². The third-order valence-corrected chi connectivity index (χ3v) is 9.33. The second-order valence-electron chi connectivity index (χ2n) is 10.6. The van der Waals surface area contributed by atoms with Gasteiger partial charge in [0.25, 0.3) is 0 Å². The van der Waals surface area contributed by atoms with E-state index in [1.165, 1.54) is 4.90 Å². The Bertz CT molecular complexity index is 1480. The van der Waals surface area contributed by atoms with Crippen molar-refractivity contribution in [2.75, 3.05) is 23.7 Å². The number of hydrogen-bond acceptors (Lipinski definition) is 5. The first-order valence-corrected chi connectivity index (χ1v) is 16.9. The zero-order valence-electron chi connectivity index (χ0n) is 24.3. The summed E-state index contributed by atoms with van der Waals surface area (Å²) >= 11 is 13.1. The van der Waals surface area contributed by atoms with Crippen molar-refractivity contribution in [3.05, 3.63) is 94.0 Å². The van der Waals surface area contributed by atoms with Crippen LogP contribution in [0.4, 0.5) is 5.69 Å². The number of halogens is 2. The first-order chi connectivity index (χ1) is 20.6. The van der Waals surface area contributed by atoms with Gasteiger partial charge in [-0.15, -0.1) is 0 Å². The second-order valence-corrected chi connectivity index (χ2v) is 13.3. The van der Waals surface area contributed by atoms with E-state index in [-0.39, 0.29) is 24.9 Å². The van der Waals surface area contributed by atoms with Crippen molar-refractivity contribution in [2.24, 2.45) is 0 Å². The van der Waals surface area contributed by atoms with Crippen LogP contribution in [-0.2, 0) is 32.6 Å². The first-order valence-electron chi connectivity index (χ1n) is 14.3. The van der Waals surface area contributed by atoms with E-state index >= 15 is 0 Å². The van der Waals surface area contributed by atoms with E-state index in [1.807, 2.05) is 37.3 Å². The van der Waals surface area contributed by atoms with E-state index in [1.54, 1.807) is 42.5 Å². The van der Waals surface area contributed by atoms with Crippen molar-refractivity contribution in [3.63, 3.8) is 0 Å². The number of hydrogen-bond donors (Lipinski definition) is 1. The fraction of sp³-hybridized carbons (Fsp3) is 0.375. The molecule has 0 bridgehead atoms. The molecule has 11 heteroatoms. The lowest BCUT2D eigenvalue weighted by molar-refractivity contribution is -0.140. The summed E-state index contributed by atoms with van der Waals surface area (Å²) in [5, 5.41) is 3.82. The van der Waals surface area contributed by atoms with Crippen LogP contribution in [-0.4, -0.2) is 56.6 Å². The molecule has 230 valence electrons. The molecule has 0 spiro atoms. The molecule has 8 nitrogen and oxygen atoms in total. The van der Waals surface area contributed by atoms with Crippen molar-refractivity contribution in [3.8, 4) is 5.75 Å². The lowest BCUT2D eigenvalue weighted by atomic mass is 10.0. The van der Waals surface area contributed by atoms with Crippen LogP contribution < -0.4 is 14.4 Å². The summed E-state index contributed by atoms with van der Waals surface area (Å²) in [4.78, 5) is 29.6. The Labute approximate surface area is 264 Å². The van der Waals surface area contributed by atoms with Crippen molar-refractivity contribution in [1.82, 2.24) is 10.2 Å². The molecule has 4 rings (SSSR count). The highest BCUT2D eigenvalue weighted by molar-refractivity contribution is 7.92. The quantitative estimate of drug-likeness (QED) is 0.251. The number of sulfonamides is 1. The summed E-state index contributed by atoms with van der Waals surface area (Å²) in [6.07, 6.45) is 5.05. The van der Waals surface area contributed by atoms with E-state index < -0.39 is 28.5 Å². The third kappa shape index (κ3) is 8.87. The smallest absolute Gasteiger partial charge is 0.244 e. The molecule has 3 aromatic rings. The van der Waals surface area contributed by atoms with Gasteiger partial charge < -0.3 is 15.0 Å². The van der Waals surface area contributed by atoms with Gasteiger partial charge in [-0.1, -0.05) is 72.4 Å². The van der Waals surface area contributed by atoms with Gasteiger partial charge in [0.1, 0.15) is 18.3 Å². The van der Waals surface area contributed by atoms with Gasteiger partial charge in [-0.3, -0.25) is 13.9 Å². The molecule has 1 aliphatic rings. The van der Waals surface area contributed by atoms with Crippen LogP contribution in [0.15, 0.2) is 72.8 Å². The molecule has 1 aliphatic carbocycles. The topological polar surface area (TPSA) is 96.0 Å². The van der Waals surface area contributed by atoms with Crippen LogP contribution in [0.3, 0.4) is 0 Å². The number of rotatable bonds is 13. The fourth-order valence-corrected chi connectivity index (χ4v) is 6.63. The SMILES string of the molecule is CCOc1ccc(N(CC(=O)N(Cc2c(Cl)cccc2Cl)[C@@H](Cc2ccccc2)C(=O)NC2CCCC2)S(C)(=O)=O)cc1. The van der Waals surface area contributed by atoms with Crippen LogP contribution in [0.1, 0.15) is 43.7 Å². The Balaban J connectivity index is 1.74. The summed E-state index contributed by atoms with van der Waals surface area (Å²) in [7, 11) is -3.89. The van der Waals surface area contributed by atoms with Gasteiger partial charge in [-0.25, -0.2) is 8.42 Å². The van der Waals surface area contributed by atoms with Crippen molar-refractivity contribution < 1.29 is 22.7 Å². The number of nitrogens with zero attached hydrogens (tertiary/aromatic N) is 2. The number of anilines is 1. The number of amides is 2. The van der Waals surface area contributed by atoms with E-state index in [9.17, 15) is 18.0 Å². The van der Waals surface area contributed by atoms with Gasteiger partial charge in [0.2, 0.25) is 21.8 Å². The predicted octanol–water partition coefficient (Wildman–Crippen LogP) is 5.86. The second kappa shape index (κ2) is 14.9. The van der Waals surface area contributed by atoms with E-state index in [0.717, 1.165) is 41.8 Å². The molecule has 0 heterocycles. The zero-order chi connectivity index (χ0) is 31.0. The van der Waals surface area contributed by atoms with E-state index in [0.29, 0.717) is 33.7 Å². The summed E-state index contributed by atoms with van der Waals surface area (Å²) in [6.45, 7) is 1.69. The molecular formula is C32H37Cl2N3O5S. The van der Waals surface area contributed by atoms with Gasteiger partial charge in [-0.2, -0.15) is 0 Å². The van der Waals surface area contributed by atoms with Gasteiger partial charge >= 0.3 is 0 Å². The molecular weight excluding hydrogens is 609 g/mol. The zero-order valence-corrected chi connectivity index (χ0v) is 26.7. The maximum Gasteiger partial charge on any atom is 0.244 e. The van der Waals surface area contributed by atoms with E-state index in [2.05, 4.69) is 5.32 Å². The normalized spacial score (nSPS) is 14.2. The Kier molecular flexibility index (Phi) is 11.3. The van der Waals surface area contributed by atoms with Crippen LogP contribution in [0, 0.1) is 0 Å². The fourth-order valence-electron chi connectivity index (χ4n) is 5.26. The van der Waals surface area contributed by atoms with Crippen molar-refractivity contribution in [2.45, 2.75) is 57.7 Å². The van der Waals surface area contributed by atoms with E-state index in [4.69, 9.17) is 27.9 Å². The molecule has 0 radical (unpaired) electrons. The van der Waals surface area contributed by atoms with Gasteiger partial charge in [0, 0.05) is 34.6 Å². The minimum absolute atomic E-state index is 0.0167. The molecule has 0 saturated heterocycles. The number of carbonyl (C=O) groups excluding carboxylic acids is 2. The molecule has 2 amide bonds. The summed E-state index contributed by atoms with van der Waals surface area (Å²) in [5.74, 6) is -0.301. The monoisotopic (exact) mass is 645 g/mol.